The standard InChI is InChI=1S/C33H28F2NOSi/c1-21-10-15-26-27-16-17-28(35)31(33(27)37-32(26)30(21)29-20-23(34)18-19-36(29)2)22-11-13-25(14-12-22)38(3,4)24-8-6-5-7-9-24/h5-20H,1-4H3/q+1. The number of aryl methyl sites for hydroxylation is 2. The molecular weight excluding hydrogens is 492 g/mol. The Morgan fingerprint density at radius 3 is 2.05 bits per heavy atom. The number of hydrogen-bond acceptors (Lipinski definition) is 1. The summed E-state index contributed by atoms with van der Waals surface area (Å²) in [5, 5.41) is 4.34. The molecule has 38 heavy (non-hydrogen) atoms. The van der Waals surface area contributed by atoms with Gasteiger partial charge < -0.3 is 4.42 Å². The van der Waals surface area contributed by atoms with E-state index in [4.69, 9.17) is 4.42 Å². The zero-order valence-electron chi connectivity index (χ0n) is 21.8. The van der Waals surface area contributed by atoms with E-state index < -0.39 is 8.07 Å². The summed E-state index contributed by atoms with van der Waals surface area (Å²) in [4.78, 5) is 0. The Labute approximate surface area is 221 Å². The van der Waals surface area contributed by atoms with E-state index in [-0.39, 0.29) is 11.6 Å². The molecule has 2 nitrogen and oxygen atoms in total. The van der Waals surface area contributed by atoms with Gasteiger partial charge in [0.1, 0.15) is 37.9 Å². The fourth-order valence-corrected chi connectivity index (χ4v) is 7.79. The zero-order chi connectivity index (χ0) is 26.6. The van der Waals surface area contributed by atoms with Crippen LogP contribution < -0.4 is 14.9 Å². The van der Waals surface area contributed by atoms with Crippen molar-refractivity contribution in [1.82, 2.24) is 0 Å². The van der Waals surface area contributed by atoms with E-state index in [1.165, 1.54) is 28.6 Å². The number of furan rings is 1. The molecule has 0 aliphatic heterocycles. The fourth-order valence-electron chi connectivity index (χ4n) is 5.43. The van der Waals surface area contributed by atoms with Crippen LogP contribution in [0.2, 0.25) is 13.1 Å². The van der Waals surface area contributed by atoms with Crippen LogP contribution >= 0.6 is 0 Å². The maximum absolute atomic E-state index is 15.4. The highest BCUT2D eigenvalue weighted by molar-refractivity contribution is 7.00. The largest absolute Gasteiger partial charge is 0.454 e. The molecule has 0 saturated carbocycles. The number of hydrogen-bond donors (Lipinski definition) is 0. The Balaban J connectivity index is 1.54. The lowest BCUT2D eigenvalue weighted by Crippen LogP contribution is -2.52. The molecule has 0 atom stereocenters. The normalized spacial score (nSPS) is 11.9. The van der Waals surface area contributed by atoms with Gasteiger partial charge in [0.05, 0.1) is 11.1 Å². The lowest BCUT2D eigenvalue weighted by molar-refractivity contribution is -0.660. The van der Waals surface area contributed by atoms with Crippen LogP contribution in [0.15, 0.2) is 102 Å². The molecule has 0 bridgehead atoms. The van der Waals surface area contributed by atoms with Gasteiger partial charge in [0.25, 0.3) is 0 Å². The molecule has 6 aromatic rings. The van der Waals surface area contributed by atoms with E-state index in [0.29, 0.717) is 22.4 Å². The van der Waals surface area contributed by atoms with Crippen LogP contribution in [0, 0.1) is 18.6 Å². The second kappa shape index (κ2) is 9.03. The molecular formula is C33H28F2NOSi+. The van der Waals surface area contributed by atoms with Gasteiger partial charge in [0.15, 0.2) is 6.20 Å². The summed E-state index contributed by atoms with van der Waals surface area (Å²) >= 11 is 0. The minimum Gasteiger partial charge on any atom is -0.454 e. The fraction of sp³-hybridized carbons (Fsp3) is 0.121. The van der Waals surface area contributed by atoms with Crippen molar-refractivity contribution >= 4 is 40.4 Å². The molecule has 2 heterocycles. The minimum atomic E-state index is -1.88. The molecule has 0 aliphatic rings. The van der Waals surface area contributed by atoms with Crippen LogP contribution in [0.1, 0.15) is 5.56 Å². The van der Waals surface area contributed by atoms with E-state index in [1.807, 2.05) is 48.9 Å². The molecule has 0 amide bonds. The van der Waals surface area contributed by atoms with Gasteiger partial charge in [0, 0.05) is 22.9 Å². The van der Waals surface area contributed by atoms with Gasteiger partial charge >= 0.3 is 0 Å². The van der Waals surface area contributed by atoms with Crippen LogP contribution in [0.3, 0.4) is 0 Å². The number of fused-ring (bicyclic) bond motifs is 3. The second-order valence-corrected chi connectivity index (χ2v) is 14.8. The van der Waals surface area contributed by atoms with Crippen LogP contribution in [-0.2, 0) is 7.05 Å². The average molecular weight is 521 g/mol. The topological polar surface area (TPSA) is 17.0 Å². The summed E-state index contributed by atoms with van der Waals surface area (Å²) in [5.74, 6) is -0.655. The first-order chi connectivity index (χ1) is 18.3. The smallest absolute Gasteiger partial charge is 0.219 e. The van der Waals surface area contributed by atoms with Crippen LogP contribution in [0.4, 0.5) is 8.78 Å². The molecule has 0 saturated heterocycles. The number of halogens is 2. The highest BCUT2D eigenvalue weighted by atomic mass is 28.3. The average Bonchev–Trinajstić information content (AvgIpc) is 3.29. The Morgan fingerprint density at radius 2 is 1.34 bits per heavy atom. The van der Waals surface area contributed by atoms with Crippen molar-refractivity contribution in [2.45, 2.75) is 20.0 Å². The first kappa shape index (κ1) is 24.3. The molecule has 0 aliphatic carbocycles. The van der Waals surface area contributed by atoms with Gasteiger partial charge in [-0.15, -0.1) is 0 Å². The summed E-state index contributed by atoms with van der Waals surface area (Å²) in [6.45, 7) is 6.63. The quantitative estimate of drug-likeness (QED) is 0.178. The van der Waals surface area contributed by atoms with E-state index in [1.54, 1.807) is 12.3 Å². The van der Waals surface area contributed by atoms with Gasteiger partial charge in [-0.1, -0.05) is 90.2 Å². The Bertz CT molecular complexity index is 1820. The van der Waals surface area contributed by atoms with E-state index in [2.05, 4.69) is 49.5 Å². The third kappa shape index (κ3) is 3.86. The van der Waals surface area contributed by atoms with Crippen molar-refractivity contribution in [3.8, 4) is 22.4 Å². The first-order valence-corrected chi connectivity index (χ1v) is 15.7. The lowest BCUT2D eigenvalue weighted by Gasteiger charge is -2.24. The summed E-state index contributed by atoms with van der Waals surface area (Å²) in [6.07, 6.45) is 1.69. The SMILES string of the molecule is Cc1ccc2c(oc3c(-c4ccc([Si](C)(C)c5ccccc5)cc4)c(F)ccc32)c1-c1cc(F)cc[n+]1C. The molecule has 0 fully saturated rings. The summed E-state index contributed by atoms with van der Waals surface area (Å²) in [7, 11) is -0.00697. The van der Waals surface area contributed by atoms with Crippen molar-refractivity contribution in [3.63, 3.8) is 0 Å². The number of rotatable bonds is 4. The van der Waals surface area contributed by atoms with Crippen molar-refractivity contribution in [3.05, 3.63) is 114 Å². The van der Waals surface area contributed by atoms with Gasteiger partial charge in [-0.05, 0) is 30.2 Å². The number of benzene rings is 4. The lowest BCUT2D eigenvalue weighted by atomic mass is 9.99. The number of aromatic nitrogens is 1. The van der Waals surface area contributed by atoms with Gasteiger partial charge in [0.2, 0.25) is 5.69 Å². The molecule has 6 rings (SSSR count). The van der Waals surface area contributed by atoms with Crippen molar-refractivity contribution < 1.29 is 17.8 Å². The second-order valence-electron chi connectivity index (χ2n) is 10.4. The van der Waals surface area contributed by atoms with E-state index >= 15 is 4.39 Å². The number of nitrogens with zero attached hydrogens (tertiary/aromatic N) is 1. The van der Waals surface area contributed by atoms with Gasteiger partial charge in [-0.3, -0.25) is 0 Å². The summed E-state index contributed by atoms with van der Waals surface area (Å²) in [5.41, 5.74) is 4.79. The van der Waals surface area contributed by atoms with Crippen molar-refractivity contribution in [2.75, 3.05) is 0 Å². The monoisotopic (exact) mass is 520 g/mol. The third-order valence-electron chi connectivity index (χ3n) is 7.73. The third-order valence-corrected chi connectivity index (χ3v) is 11.3. The predicted molar refractivity (Wildman–Crippen MR) is 154 cm³/mol. The Morgan fingerprint density at radius 1 is 0.711 bits per heavy atom. The maximum atomic E-state index is 15.4. The van der Waals surface area contributed by atoms with Crippen LogP contribution in [-0.4, -0.2) is 8.07 Å². The van der Waals surface area contributed by atoms with Crippen LogP contribution in [0.5, 0.6) is 0 Å². The molecule has 0 unspecified atom stereocenters. The van der Waals surface area contributed by atoms with E-state index in [0.717, 1.165) is 27.5 Å². The molecule has 5 heteroatoms. The highest BCUT2D eigenvalue weighted by Gasteiger charge is 2.27. The molecule has 4 aromatic carbocycles. The maximum Gasteiger partial charge on any atom is 0.219 e. The zero-order valence-corrected chi connectivity index (χ0v) is 22.8. The van der Waals surface area contributed by atoms with Crippen LogP contribution in [0.25, 0.3) is 44.3 Å². The summed E-state index contributed by atoms with van der Waals surface area (Å²) < 4.78 is 38.0. The first-order valence-electron chi connectivity index (χ1n) is 12.7. The van der Waals surface area contributed by atoms with Crippen molar-refractivity contribution in [1.29, 1.82) is 0 Å². The molecule has 2 aromatic heterocycles. The minimum absolute atomic E-state index is 0.320. The molecule has 0 radical (unpaired) electrons. The highest BCUT2D eigenvalue weighted by Crippen LogP contribution is 2.41. The predicted octanol–water partition coefficient (Wildman–Crippen LogP) is 7.15. The summed E-state index contributed by atoms with van der Waals surface area (Å²) in [6, 6.07) is 29.0. The van der Waals surface area contributed by atoms with Gasteiger partial charge in [-0.2, -0.15) is 0 Å². The van der Waals surface area contributed by atoms with Gasteiger partial charge in [-0.25, -0.2) is 13.3 Å². The Hall–Kier alpha value is -4.09. The van der Waals surface area contributed by atoms with E-state index in [9.17, 15) is 4.39 Å². The van der Waals surface area contributed by atoms with Crippen molar-refractivity contribution in [2.24, 2.45) is 7.05 Å². The molecule has 188 valence electrons. The molecule has 0 N–H and O–H groups in total. The molecule has 0 spiro atoms. The number of pyridine rings is 1. The Kier molecular flexibility index (Phi) is 5.76.